The maximum Gasteiger partial charge on any atom is 0.174 e. The largest absolute Gasteiger partial charge is 0.493 e. The lowest BCUT2D eigenvalue weighted by molar-refractivity contribution is 0.353. The minimum atomic E-state index is 0.695. The number of rotatable bonds is 5. The van der Waals surface area contributed by atoms with Crippen LogP contribution in [0.25, 0.3) is 0 Å². The summed E-state index contributed by atoms with van der Waals surface area (Å²) in [7, 11) is 3.25. The molecular weight excluding hydrogens is 367 g/mol. The van der Waals surface area contributed by atoms with Gasteiger partial charge in [-0.25, -0.2) is 0 Å². The van der Waals surface area contributed by atoms with E-state index in [-0.39, 0.29) is 0 Å². The lowest BCUT2D eigenvalue weighted by Gasteiger charge is -2.10. The smallest absolute Gasteiger partial charge is 0.174 e. The summed E-state index contributed by atoms with van der Waals surface area (Å²) in [5.74, 6) is 1.43. The van der Waals surface area contributed by atoms with Gasteiger partial charge in [-0.2, -0.15) is 5.10 Å². The second-order valence-corrected chi connectivity index (χ2v) is 5.14. The van der Waals surface area contributed by atoms with Gasteiger partial charge < -0.3 is 9.47 Å². The molecule has 0 heterocycles. The summed E-state index contributed by atoms with van der Waals surface area (Å²) < 4.78 is 11.6. The highest BCUT2D eigenvalue weighted by molar-refractivity contribution is 14.1. The molecule has 20 heavy (non-hydrogen) atoms. The van der Waals surface area contributed by atoms with Gasteiger partial charge in [-0.05, 0) is 52.4 Å². The second-order valence-electron chi connectivity index (χ2n) is 3.97. The molecule has 2 aromatic carbocycles. The normalized spacial score (nSPS) is 10.6. The first kappa shape index (κ1) is 14.6. The quantitative estimate of drug-likeness (QED) is 0.487. The van der Waals surface area contributed by atoms with Crippen LogP contribution in [0.4, 0.5) is 5.69 Å². The van der Waals surface area contributed by atoms with E-state index in [2.05, 4.69) is 33.1 Å². The number of hydrazone groups is 1. The Labute approximate surface area is 131 Å². The summed E-state index contributed by atoms with van der Waals surface area (Å²) in [4.78, 5) is 0. The molecule has 0 bridgehead atoms. The molecule has 1 N–H and O–H groups in total. The molecule has 0 atom stereocenters. The number of methoxy groups -OCH3 is 2. The number of halogens is 1. The molecule has 2 rings (SSSR count). The number of hydrogen-bond acceptors (Lipinski definition) is 4. The second kappa shape index (κ2) is 7.14. The Morgan fingerprint density at radius 2 is 1.85 bits per heavy atom. The van der Waals surface area contributed by atoms with E-state index in [1.807, 2.05) is 42.5 Å². The van der Waals surface area contributed by atoms with E-state index in [1.165, 1.54) is 0 Å². The van der Waals surface area contributed by atoms with Crippen LogP contribution in [0.2, 0.25) is 0 Å². The van der Waals surface area contributed by atoms with Gasteiger partial charge in [0.2, 0.25) is 0 Å². The zero-order valence-electron chi connectivity index (χ0n) is 11.3. The Balaban J connectivity index is 2.15. The SMILES string of the molecule is COc1cc(C=NNc2ccccc2)cc(I)c1OC. The van der Waals surface area contributed by atoms with Crippen molar-refractivity contribution in [2.75, 3.05) is 19.6 Å². The third-order valence-corrected chi connectivity index (χ3v) is 3.44. The predicted octanol–water partition coefficient (Wildman–Crippen LogP) is 3.75. The van der Waals surface area contributed by atoms with E-state index in [1.54, 1.807) is 20.4 Å². The van der Waals surface area contributed by atoms with Crippen LogP contribution in [0.15, 0.2) is 47.6 Å². The van der Waals surface area contributed by atoms with Crippen molar-refractivity contribution in [3.8, 4) is 11.5 Å². The first-order valence-corrected chi connectivity index (χ1v) is 7.08. The Kier molecular flexibility index (Phi) is 5.23. The van der Waals surface area contributed by atoms with E-state index < -0.39 is 0 Å². The van der Waals surface area contributed by atoms with Crippen molar-refractivity contribution in [3.63, 3.8) is 0 Å². The van der Waals surface area contributed by atoms with Crippen molar-refractivity contribution in [1.29, 1.82) is 0 Å². The van der Waals surface area contributed by atoms with Crippen LogP contribution in [-0.2, 0) is 0 Å². The van der Waals surface area contributed by atoms with Crippen molar-refractivity contribution in [2.24, 2.45) is 5.10 Å². The first-order valence-electron chi connectivity index (χ1n) is 6.00. The van der Waals surface area contributed by atoms with Gasteiger partial charge in [-0.3, -0.25) is 5.43 Å². The van der Waals surface area contributed by atoms with Crippen molar-refractivity contribution < 1.29 is 9.47 Å². The van der Waals surface area contributed by atoms with Gasteiger partial charge in [-0.1, -0.05) is 18.2 Å². The minimum Gasteiger partial charge on any atom is -0.493 e. The Bertz CT molecular complexity index is 600. The minimum absolute atomic E-state index is 0.695. The van der Waals surface area contributed by atoms with Crippen molar-refractivity contribution >= 4 is 34.5 Å². The highest BCUT2D eigenvalue weighted by atomic mass is 127. The van der Waals surface area contributed by atoms with E-state index in [4.69, 9.17) is 9.47 Å². The monoisotopic (exact) mass is 382 g/mol. The molecule has 0 aliphatic heterocycles. The number of hydrogen-bond donors (Lipinski definition) is 1. The lowest BCUT2D eigenvalue weighted by Crippen LogP contribution is -1.96. The molecule has 0 aromatic heterocycles. The summed E-state index contributed by atoms with van der Waals surface area (Å²) in [5, 5.41) is 4.21. The third kappa shape index (κ3) is 3.63. The topological polar surface area (TPSA) is 42.8 Å². The maximum atomic E-state index is 5.31. The lowest BCUT2D eigenvalue weighted by atomic mass is 10.2. The van der Waals surface area contributed by atoms with E-state index in [0.29, 0.717) is 5.75 Å². The van der Waals surface area contributed by atoms with Crippen molar-refractivity contribution in [2.45, 2.75) is 0 Å². The van der Waals surface area contributed by atoms with Crippen LogP contribution in [0.5, 0.6) is 11.5 Å². The van der Waals surface area contributed by atoms with Crippen LogP contribution in [0.1, 0.15) is 5.56 Å². The van der Waals surface area contributed by atoms with Crippen LogP contribution >= 0.6 is 22.6 Å². The maximum absolute atomic E-state index is 5.31. The number of anilines is 1. The fourth-order valence-electron chi connectivity index (χ4n) is 1.71. The third-order valence-electron chi connectivity index (χ3n) is 2.64. The molecule has 2 aromatic rings. The molecule has 5 heteroatoms. The average Bonchev–Trinajstić information content (AvgIpc) is 2.47. The van der Waals surface area contributed by atoms with Crippen molar-refractivity contribution in [3.05, 3.63) is 51.6 Å². The molecule has 0 aliphatic rings. The number of nitrogens with zero attached hydrogens (tertiary/aromatic N) is 1. The molecule has 0 fully saturated rings. The fourth-order valence-corrected chi connectivity index (χ4v) is 2.55. The predicted molar refractivity (Wildman–Crippen MR) is 89.9 cm³/mol. The molecule has 0 amide bonds. The van der Waals surface area contributed by atoms with Crippen LogP contribution < -0.4 is 14.9 Å². The highest BCUT2D eigenvalue weighted by Crippen LogP contribution is 2.33. The summed E-state index contributed by atoms with van der Waals surface area (Å²) in [6, 6.07) is 13.7. The summed E-state index contributed by atoms with van der Waals surface area (Å²) in [5.41, 5.74) is 4.86. The summed E-state index contributed by atoms with van der Waals surface area (Å²) >= 11 is 2.21. The van der Waals surface area contributed by atoms with E-state index in [9.17, 15) is 0 Å². The van der Waals surface area contributed by atoms with Gasteiger partial charge in [0.1, 0.15) is 0 Å². The van der Waals surface area contributed by atoms with Crippen LogP contribution in [0.3, 0.4) is 0 Å². The standard InChI is InChI=1S/C15H15IN2O2/c1-19-14-9-11(8-13(16)15(14)20-2)10-17-18-12-6-4-3-5-7-12/h3-10,18H,1-2H3. The zero-order valence-corrected chi connectivity index (χ0v) is 13.4. The molecule has 104 valence electrons. The number of benzene rings is 2. The summed E-state index contributed by atoms with van der Waals surface area (Å²) in [6.45, 7) is 0. The molecule has 0 saturated carbocycles. The van der Waals surface area contributed by atoms with Gasteiger partial charge >= 0.3 is 0 Å². The number of ether oxygens (including phenoxy) is 2. The molecule has 4 nitrogen and oxygen atoms in total. The molecule has 0 saturated heterocycles. The molecular formula is C15H15IN2O2. The van der Waals surface area contributed by atoms with Crippen molar-refractivity contribution in [1.82, 2.24) is 0 Å². The van der Waals surface area contributed by atoms with Gasteiger partial charge in [0, 0.05) is 0 Å². The van der Waals surface area contributed by atoms with Gasteiger partial charge in [0.05, 0.1) is 29.7 Å². The fraction of sp³-hybridized carbons (Fsp3) is 0.133. The molecule has 0 spiro atoms. The molecule has 0 radical (unpaired) electrons. The molecule has 0 aliphatic carbocycles. The number of para-hydroxylation sites is 1. The highest BCUT2D eigenvalue weighted by Gasteiger charge is 2.09. The van der Waals surface area contributed by atoms with Gasteiger partial charge in [-0.15, -0.1) is 0 Å². The average molecular weight is 382 g/mol. The van der Waals surface area contributed by atoms with Gasteiger partial charge in [0.25, 0.3) is 0 Å². The Hall–Kier alpha value is -1.76. The van der Waals surface area contributed by atoms with E-state index in [0.717, 1.165) is 20.6 Å². The summed E-state index contributed by atoms with van der Waals surface area (Å²) in [6.07, 6.45) is 1.75. The Morgan fingerprint density at radius 3 is 2.50 bits per heavy atom. The number of nitrogens with one attached hydrogen (secondary N) is 1. The molecule has 0 unspecified atom stereocenters. The van der Waals surface area contributed by atoms with Crippen LogP contribution in [-0.4, -0.2) is 20.4 Å². The first-order chi connectivity index (χ1) is 9.74. The van der Waals surface area contributed by atoms with Crippen LogP contribution in [0, 0.1) is 3.57 Å². The zero-order chi connectivity index (χ0) is 14.4. The van der Waals surface area contributed by atoms with E-state index >= 15 is 0 Å². The Morgan fingerprint density at radius 1 is 1.10 bits per heavy atom. The van der Waals surface area contributed by atoms with Gasteiger partial charge in [0.15, 0.2) is 11.5 Å².